The van der Waals surface area contributed by atoms with Crippen LogP contribution in [0.15, 0.2) is 23.7 Å². The molecule has 0 aromatic heterocycles. The Hall–Kier alpha value is -0.965. The van der Waals surface area contributed by atoms with Gasteiger partial charge in [-0.15, -0.1) is 0 Å². The van der Waals surface area contributed by atoms with Crippen LogP contribution in [0.3, 0.4) is 0 Å². The lowest BCUT2D eigenvalue weighted by Gasteiger charge is -2.22. The van der Waals surface area contributed by atoms with Crippen molar-refractivity contribution in [2.24, 2.45) is 0 Å². The van der Waals surface area contributed by atoms with E-state index in [2.05, 4.69) is 0 Å². The van der Waals surface area contributed by atoms with E-state index in [1.165, 1.54) is 0 Å². The lowest BCUT2D eigenvalue weighted by atomic mass is 9.68. The molecule has 0 aliphatic heterocycles. The monoisotopic (exact) mass is 266 g/mol. The summed E-state index contributed by atoms with van der Waals surface area (Å²) in [6.45, 7) is 0. The van der Waals surface area contributed by atoms with Gasteiger partial charge in [0.2, 0.25) is 0 Å². The number of hydrogen-bond acceptors (Lipinski definition) is 3. The molecule has 0 radical (unpaired) electrons. The van der Waals surface area contributed by atoms with Crippen molar-refractivity contribution in [2.75, 3.05) is 7.11 Å². The molecule has 0 unspecified atom stereocenters. The van der Waals surface area contributed by atoms with Crippen molar-refractivity contribution in [1.29, 1.82) is 0 Å². The molecule has 0 saturated carbocycles. The first-order chi connectivity index (χ1) is 8.63. The summed E-state index contributed by atoms with van der Waals surface area (Å²) in [7, 11) is 0.203. The molecule has 0 amide bonds. The summed E-state index contributed by atoms with van der Waals surface area (Å²) in [6.07, 6.45) is 3.56. The normalized spacial score (nSPS) is 15.8. The van der Waals surface area contributed by atoms with Crippen LogP contribution in [0, 0.1) is 0 Å². The predicted octanol–water partition coefficient (Wildman–Crippen LogP) is 2.69. The maximum Gasteiger partial charge on any atom is 0.484 e. The second-order valence-electron chi connectivity index (χ2n) is 4.43. The summed E-state index contributed by atoms with van der Waals surface area (Å²) in [6, 6.07) is 5.40. The summed E-state index contributed by atoms with van der Waals surface area (Å²) in [5.74, 6) is 0.717. The Balaban J connectivity index is 2.54. The van der Waals surface area contributed by atoms with Crippen molar-refractivity contribution >= 4 is 24.3 Å². The van der Waals surface area contributed by atoms with Gasteiger partial charge >= 0.3 is 7.12 Å². The average molecular weight is 267 g/mol. The second kappa shape index (κ2) is 5.78. The molecule has 2 N–H and O–H groups in total. The highest BCUT2D eigenvalue weighted by Gasteiger charge is 2.24. The van der Waals surface area contributed by atoms with Crippen molar-refractivity contribution in [3.8, 4) is 5.75 Å². The first kappa shape index (κ1) is 13.5. The van der Waals surface area contributed by atoms with Crippen LogP contribution in [-0.4, -0.2) is 24.3 Å². The quantitative estimate of drug-likeness (QED) is 0.827. The third-order valence-corrected chi connectivity index (χ3v) is 3.54. The smallest absolute Gasteiger partial charge is 0.484 e. The lowest BCUT2D eigenvalue weighted by molar-refractivity contribution is 0.411. The Morgan fingerprint density at radius 3 is 2.61 bits per heavy atom. The summed E-state index contributed by atoms with van der Waals surface area (Å²) in [4.78, 5) is 0. The van der Waals surface area contributed by atoms with Gasteiger partial charge in [0.15, 0.2) is 0 Å². The van der Waals surface area contributed by atoms with Crippen molar-refractivity contribution < 1.29 is 14.8 Å². The fraction of sp³-hybridized carbons (Fsp3) is 0.385. The predicted molar refractivity (Wildman–Crippen MR) is 73.6 cm³/mol. The van der Waals surface area contributed by atoms with E-state index in [9.17, 15) is 10.0 Å². The van der Waals surface area contributed by atoms with Crippen LogP contribution in [0.25, 0.3) is 5.57 Å². The molecule has 0 fully saturated rings. The highest BCUT2D eigenvalue weighted by Crippen LogP contribution is 2.38. The Labute approximate surface area is 112 Å². The molecule has 1 aliphatic carbocycles. The average Bonchev–Trinajstić information content (AvgIpc) is 2.38. The molecule has 2 rings (SSSR count). The first-order valence-corrected chi connectivity index (χ1v) is 6.43. The number of methoxy groups -OCH3 is 1. The van der Waals surface area contributed by atoms with Crippen LogP contribution in [0.4, 0.5) is 0 Å². The molecule has 1 aromatic carbocycles. The largest absolute Gasteiger partial charge is 0.496 e. The maximum absolute atomic E-state index is 9.47. The molecule has 0 bridgehead atoms. The van der Waals surface area contributed by atoms with Crippen LogP contribution < -0.4 is 4.74 Å². The maximum atomic E-state index is 9.47. The molecule has 1 aromatic rings. The van der Waals surface area contributed by atoms with Gasteiger partial charge in [0, 0.05) is 10.6 Å². The van der Waals surface area contributed by atoms with Crippen LogP contribution in [0.1, 0.15) is 31.2 Å². The third kappa shape index (κ3) is 2.71. The van der Waals surface area contributed by atoms with Crippen molar-refractivity contribution in [3.63, 3.8) is 0 Å². The molecule has 18 heavy (non-hydrogen) atoms. The topological polar surface area (TPSA) is 49.7 Å². The molecule has 3 nitrogen and oxygen atoms in total. The minimum absolute atomic E-state index is 0.621. The number of rotatable bonds is 3. The summed E-state index contributed by atoms with van der Waals surface area (Å²) < 4.78 is 5.33. The standard InChI is InChI=1S/C13H16BClO3/c1-18-13-7-6-9(15)8-11(13)10-4-2-3-5-12(10)14(16)17/h6-8,16-17H,2-5H2,1H3. The Bertz CT molecular complexity index is 471. The second-order valence-corrected chi connectivity index (χ2v) is 4.87. The van der Waals surface area contributed by atoms with Crippen LogP contribution in [0.2, 0.25) is 5.02 Å². The van der Waals surface area contributed by atoms with Gasteiger partial charge < -0.3 is 14.8 Å². The number of halogens is 1. The van der Waals surface area contributed by atoms with Crippen LogP contribution >= 0.6 is 11.6 Å². The van der Waals surface area contributed by atoms with Crippen molar-refractivity contribution in [3.05, 3.63) is 34.3 Å². The van der Waals surface area contributed by atoms with Crippen LogP contribution in [0.5, 0.6) is 5.75 Å². The summed E-state index contributed by atoms with van der Waals surface area (Å²) >= 11 is 6.02. The molecule has 5 heteroatoms. The molecular formula is C13H16BClO3. The summed E-state index contributed by atoms with van der Waals surface area (Å²) in [5, 5.41) is 19.6. The minimum Gasteiger partial charge on any atom is -0.496 e. The van der Waals surface area contributed by atoms with E-state index in [1.807, 2.05) is 6.07 Å². The van der Waals surface area contributed by atoms with Crippen molar-refractivity contribution in [1.82, 2.24) is 0 Å². The Morgan fingerprint density at radius 1 is 1.22 bits per heavy atom. The molecule has 0 spiro atoms. The van der Waals surface area contributed by atoms with E-state index in [1.54, 1.807) is 19.2 Å². The fourth-order valence-electron chi connectivity index (χ4n) is 2.44. The van der Waals surface area contributed by atoms with Gasteiger partial charge in [-0.05, 0) is 54.9 Å². The zero-order valence-corrected chi connectivity index (χ0v) is 11.1. The third-order valence-electron chi connectivity index (χ3n) is 3.31. The number of allylic oxidation sites excluding steroid dienone is 2. The minimum atomic E-state index is -1.40. The fourth-order valence-corrected chi connectivity index (χ4v) is 2.61. The van der Waals surface area contributed by atoms with Crippen LogP contribution in [-0.2, 0) is 0 Å². The first-order valence-electron chi connectivity index (χ1n) is 6.05. The van der Waals surface area contributed by atoms with Gasteiger partial charge in [-0.25, -0.2) is 0 Å². The van der Waals surface area contributed by atoms with Gasteiger partial charge in [-0.1, -0.05) is 11.6 Å². The molecule has 1 aliphatic rings. The summed E-state index contributed by atoms with van der Waals surface area (Å²) in [5.41, 5.74) is 2.50. The SMILES string of the molecule is COc1ccc(Cl)cc1C1=C(B(O)O)CCCC1. The van der Waals surface area contributed by atoms with Gasteiger partial charge in [0.25, 0.3) is 0 Å². The lowest BCUT2D eigenvalue weighted by Crippen LogP contribution is -2.19. The van der Waals surface area contributed by atoms with E-state index >= 15 is 0 Å². The molecular weight excluding hydrogens is 250 g/mol. The number of ether oxygens (including phenoxy) is 1. The number of benzene rings is 1. The van der Waals surface area contributed by atoms with E-state index in [0.29, 0.717) is 16.9 Å². The zero-order chi connectivity index (χ0) is 13.1. The molecule has 0 saturated heterocycles. The van der Waals surface area contributed by atoms with Gasteiger partial charge in [-0.2, -0.15) is 0 Å². The van der Waals surface area contributed by atoms with Crippen molar-refractivity contribution in [2.45, 2.75) is 25.7 Å². The van der Waals surface area contributed by atoms with E-state index in [-0.39, 0.29) is 0 Å². The van der Waals surface area contributed by atoms with Gasteiger partial charge in [-0.3, -0.25) is 0 Å². The zero-order valence-electron chi connectivity index (χ0n) is 10.3. The highest BCUT2D eigenvalue weighted by atomic mass is 35.5. The van der Waals surface area contributed by atoms with Gasteiger partial charge in [0.1, 0.15) is 5.75 Å². The Kier molecular flexibility index (Phi) is 4.33. The van der Waals surface area contributed by atoms with Gasteiger partial charge in [0.05, 0.1) is 7.11 Å². The Morgan fingerprint density at radius 2 is 1.94 bits per heavy atom. The van der Waals surface area contributed by atoms with E-state index < -0.39 is 7.12 Å². The van der Waals surface area contributed by atoms with E-state index in [4.69, 9.17) is 16.3 Å². The van der Waals surface area contributed by atoms with E-state index in [0.717, 1.165) is 36.1 Å². The molecule has 0 heterocycles. The molecule has 96 valence electrons. The highest BCUT2D eigenvalue weighted by molar-refractivity contribution is 6.52. The molecule has 0 atom stereocenters. The number of hydrogen-bond donors (Lipinski definition) is 2.